The van der Waals surface area contributed by atoms with Crippen LogP contribution in [0.4, 0.5) is 4.39 Å². The van der Waals surface area contributed by atoms with Crippen LogP contribution >= 0.6 is 15.9 Å². The summed E-state index contributed by atoms with van der Waals surface area (Å²) in [4.78, 5) is 24.7. The van der Waals surface area contributed by atoms with Gasteiger partial charge in [-0.15, -0.1) is 0 Å². The fraction of sp³-hybridized carbons (Fsp3) is 0.467. The van der Waals surface area contributed by atoms with E-state index in [1.807, 2.05) is 0 Å². The van der Waals surface area contributed by atoms with Gasteiger partial charge in [0, 0.05) is 24.0 Å². The highest BCUT2D eigenvalue weighted by Gasteiger charge is 2.26. The zero-order valence-corrected chi connectivity index (χ0v) is 13.1. The minimum Gasteiger partial charge on any atom is -0.481 e. The molecule has 1 amide bonds. The van der Waals surface area contributed by atoms with Crippen molar-refractivity contribution in [3.63, 3.8) is 0 Å². The number of likely N-dealkylation sites (tertiary alicyclic amines) is 1. The van der Waals surface area contributed by atoms with Crippen LogP contribution in [0, 0.1) is 11.7 Å². The van der Waals surface area contributed by atoms with E-state index in [1.165, 1.54) is 12.1 Å². The van der Waals surface area contributed by atoms with Gasteiger partial charge in [-0.3, -0.25) is 9.59 Å². The maximum absolute atomic E-state index is 13.8. The molecule has 0 saturated carbocycles. The van der Waals surface area contributed by atoms with E-state index in [2.05, 4.69) is 15.9 Å². The molecule has 0 aromatic heterocycles. The zero-order chi connectivity index (χ0) is 15.4. The largest absolute Gasteiger partial charge is 0.481 e. The second kappa shape index (κ2) is 7.02. The normalized spacial score (nSPS) is 18.6. The summed E-state index contributed by atoms with van der Waals surface area (Å²) in [6.45, 7) is 1.09. The molecule has 6 heteroatoms. The van der Waals surface area contributed by atoms with Crippen molar-refractivity contribution >= 4 is 27.8 Å². The Bertz CT molecular complexity index is 550. The molecule has 0 spiro atoms. The fourth-order valence-corrected chi connectivity index (χ4v) is 3.01. The number of carbonyl (C=O) groups excluding carboxylic acids is 1. The number of hydrogen-bond donors (Lipinski definition) is 1. The highest BCUT2D eigenvalue weighted by Crippen LogP contribution is 2.24. The number of hydrogen-bond acceptors (Lipinski definition) is 2. The number of halogens is 2. The highest BCUT2D eigenvalue weighted by atomic mass is 79.9. The number of carboxylic acids is 1. The lowest BCUT2D eigenvalue weighted by molar-refractivity contribution is -0.137. The van der Waals surface area contributed by atoms with Gasteiger partial charge in [-0.1, -0.05) is 15.9 Å². The van der Waals surface area contributed by atoms with E-state index in [4.69, 9.17) is 5.11 Å². The number of carbonyl (C=O) groups is 2. The Balaban J connectivity index is 2.05. The number of aliphatic carboxylic acids is 1. The van der Waals surface area contributed by atoms with Crippen molar-refractivity contribution in [3.8, 4) is 0 Å². The Kier molecular flexibility index (Phi) is 5.33. The summed E-state index contributed by atoms with van der Waals surface area (Å²) in [7, 11) is 0. The Morgan fingerprint density at radius 2 is 2.19 bits per heavy atom. The number of benzene rings is 1. The van der Waals surface area contributed by atoms with Gasteiger partial charge in [0.2, 0.25) is 0 Å². The molecule has 0 radical (unpaired) electrons. The molecule has 1 aromatic rings. The lowest BCUT2D eigenvalue weighted by Crippen LogP contribution is -2.40. The number of nitrogens with zero attached hydrogens (tertiary/aromatic N) is 1. The standard InChI is InChI=1S/C15H17BrFNO3/c16-11-4-5-13(17)12(8-11)15(21)18-7-1-2-10(9-18)3-6-14(19)20/h4-5,8,10H,1-3,6-7,9H2,(H,19,20)/t10-/m1/s1. The summed E-state index contributed by atoms with van der Waals surface area (Å²) in [5.41, 5.74) is 0.0586. The van der Waals surface area contributed by atoms with Crippen LogP contribution in [-0.2, 0) is 4.79 Å². The van der Waals surface area contributed by atoms with Gasteiger partial charge in [0.15, 0.2) is 0 Å². The smallest absolute Gasteiger partial charge is 0.303 e. The molecule has 0 aliphatic carbocycles. The topological polar surface area (TPSA) is 57.6 Å². The van der Waals surface area contributed by atoms with Crippen LogP contribution < -0.4 is 0 Å². The molecule has 1 N–H and O–H groups in total. The molecule has 0 bridgehead atoms. The van der Waals surface area contributed by atoms with Gasteiger partial charge in [0.05, 0.1) is 5.56 Å². The van der Waals surface area contributed by atoms with Crippen molar-refractivity contribution in [2.45, 2.75) is 25.7 Å². The molecule has 1 fully saturated rings. The predicted molar refractivity (Wildman–Crippen MR) is 79.6 cm³/mol. The van der Waals surface area contributed by atoms with E-state index in [-0.39, 0.29) is 23.8 Å². The Hall–Kier alpha value is -1.43. The lowest BCUT2D eigenvalue weighted by Gasteiger charge is -2.32. The second-order valence-corrected chi connectivity index (χ2v) is 6.23. The Labute approximate surface area is 131 Å². The molecule has 0 unspecified atom stereocenters. The fourth-order valence-electron chi connectivity index (χ4n) is 2.64. The average molecular weight is 358 g/mol. The van der Waals surface area contributed by atoms with Crippen LogP contribution in [0.5, 0.6) is 0 Å². The lowest BCUT2D eigenvalue weighted by atomic mass is 9.93. The summed E-state index contributed by atoms with van der Waals surface area (Å²) in [5.74, 6) is -1.50. The first-order valence-electron chi connectivity index (χ1n) is 6.93. The molecular formula is C15H17BrFNO3. The van der Waals surface area contributed by atoms with Crippen molar-refractivity contribution < 1.29 is 19.1 Å². The predicted octanol–water partition coefficient (Wildman–Crippen LogP) is 3.31. The first-order chi connectivity index (χ1) is 9.97. The van der Waals surface area contributed by atoms with Gasteiger partial charge in [-0.05, 0) is 43.4 Å². The number of amides is 1. The van der Waals surface area contributed by atoms with Crippen molar-refractivity contribution in [1.29, 1.82) is 0 Å². The van der Waals surface area contributed by atoms with Crippen molar-refractivity contribution in [1.82, 2.24) is 4.90 Å². The molecular weight excluding hydrogens is 341 g/mol. The first kappa shape index (κ1) is 15.9. The third-order valence-electron chi connectivity index (χ3n) is 3.73. The van der Waals surface area contributed by atoms with Gasteiger partial charge in [0.1, 0.15) is 5.82 Å². The van der Waals surface area contributed by atoms with Gasteiger partial charge in [-0.2, -0.15) is 0 Å². The van der Waals surface area contributed by atoms with Crippen molar-refractivity contribution in [3.05, 3.63) is 34.1 Å². The molecule has 4 nitrogen and oxygen atoms in total. The van der Waals surface area contributed by atoms with Crippen LogP contribution in [0.3, 0.4) is 0 Å². The molecule has 1 aromatic carbocycles. The first-order valence-corrected chi connectivity index (χ1v) is 7.73. The van der Waals surface area contributed by atoms with Gasteiger partial charge >= 0.3 is 5.97 Å². The van der Waals surface area contributed by atoms with Crippen molar-refractivity contribution in [2.24, 2.45) is 5.92 Å². The minimum absolute atomic E-state index is 0.0586. The molecule has 1 heterocycles. The maximum Gasteiger partial charge on any atom is 0.303 e. The van der Waals surface area contributed by atoms with Crippen LogP contribution in [0.1, 0.15) is 36.0 Å². The van der Waals surface area contributed by atoms with E-state index in [0.29, 0.717) is 24.0 Å². The number of carboxylic acid groups (broad SMARTS) is 1. The number of piperidine rings is 1. The third-order valence-corrected chi connectivity index (χ3v) is 4.22. The Morgan fingerprint density at radius 1 is 1.43 bits per heavy atom. The summed E-state index contributed by atoms with van der Waals surface area (Å²) in [6, 6.07) is 4.31. The second-order valence-electron chi connectivity index (χ2n) is 5.32. The van der Waals surface area contributed by atoms with E-state index in [0.717, 1.165) is 12.8 Å². The molecule has 1 aliphatic heterocycles. The minimum atomic E-state index is -0.823. The van der Waals surface area contributed by atoms with Crippen LogP contribution in [0.25, 0.3) is 0 Å². The van der Waals surface area contributed by atoms with Crippen LogP contribution in [-0.4, -0.2) is 35.0 Å². The molecule has 21 heavy (non-hydrogen) atoms. The quantitative estimate of drug-likeness (QED) is 0.899. The van der Waals surface area contributed by atoms with E-state index >= 15 is 0 Å². The molecule has 114 valence electrons. The molecule has 1 aliphatic rings. The van der Waals surface area contributed by atoms with E-state index < -0.39 is 11.8 Å². The third kappa shape index (κ3) is 4.27. The summed E-state index contributed by atoms with van der Waals surface area (Å²) in [6.07, 6.45) is 2.40. The molecule has 2 rings (SSSR count). The van der Waals surface area contributed by atoms with Gasteiger partial charge in [-0.25, -0.2) is 4.39 Å². The molecule has 1 atom stereocenters. The van der Waals surface area contributed by atoms with E-state index in [9.17, 15) is 14.0 Å². The Morgan fingerprint density at radius 3 is 2.90 bits per heavy atom. The number of rotatable bonds is 4. The van der Waals surface area contributed by atoms with E-state index in [1.54, 1.807) is 11.0 Å². The van der Waals surface area contributed by atoms with Crippen molar-refractivity contribution in [2.75, 3.05) is 13.1 Å². The zero-order valence-electron chi connectivity index (χ0n) is 11.5. The highest BCUT2D eigenvalue weighted by molar-refractivity contribution is 9.10. The summed E-state index contributed by atoms with van der Waals surface area (Å²) >= 11 is 3.24. The van der Waals surface area contributed by atoms with Gasteiger partial charge in [0.25, 0.3) is 5.91 Å². The summed E-state index contributed by atoms with van der Waals surface area (Å²) in [5, 5.41) is 8.73. The van der Waals surface area contributed by atoms with Crippen LogP contribution in [0.2, 0.25) is 0 Å². The molecule has 1 saturated heterocycles. The maximum atomic E-state index is 13.8. The monoisotopic (exact) mass is 357 g/mol. The summed E-state index contributed by atoms with van der Waals surface area (Å²) < 4.78 is 14.4. The van der Waals surface area contributed by atoms with Crippen LogP contribution in [0.15, 0.2) is 22.7 Å². The SMILES string of the molecule is O=C(O)CC[C@H]1CCCN(C(=O)c2cc(Br)ccc2F)C1. The average Bonchev–Trinajstić information content (AvgIpc) is 2.47. The van der Waals surface area contributed by atoms with Gasteiger partial charge < -0.3 is 10.0 Å².